The first-order chi connectivity index (χ1) is 10.2. The summed E-state index contributed by atoms with van der Waals surface area (Å²) in [5, 5.41) is 0. The first-order valence-electron chi connectivity index (χ1n) is 6.88. The van der Waals surface area contributed by atoms with Gasteiger partial charge in [-0.25, -0.2) is 4.90 Å². The normalized spacial score (nSPS) is 14.1. The van der Waals surface area contributed by atoms with E-state index in [0.29, 0.717) is 12.4 Å². The van der Waals surface area contributed by atoms with Crippen LogP contribution in [0.25, 0.3) is 0 Å². The maximum atomic E-state index is 5.49. The van der Waals surface area contributed by atoms with Crippen molar-refractivity contribution in [2.75, 3.05) is 59.6 Å². The highest BCUT2D eigenvalue weighted by Gasteiger charge is 2.28. The van der Waals surface area contributed by atoms with Gasteiger partial charge in [0.25, 0.3) is 0 Å². The molecule has 0 aromatic heterocycles. The minimum absolute atomic E-state index is 0.710. The topological polar surface area (TPSA) is 43.2 Å². The van der Waals surface area contributed by atoms with Crippen LogP contribution in [0.1, 0.15) is 0 Å². The van der Waals surface area contributed by atoms with Gasteiger partial charge in [-0.15, -0.1) is 0 Å². The number of benzene rings is 1. The first kappa shape index (κ1) is 15.4. The highest BCUT2D eigenvalue weighted by atomic mass is 16.5. The highest BCUT2D eigenvalue weighted by Crippen LogP contribution is 2.41. The third kappa shape index (κ3) is 3.39. The number of ether oxygens (including phenoxy) is 4. The molecular weight excluding hydrogens is 272 g/mol. The van der Waals surface area contributed by atoms with Crippen LogP contribution in [-0.4, -0.2) is 65.6 Å². The first-order valence-corrected chi connectivity index (χ1v) is 6.88. The predicted octanol–water partition coefficient (Wildman–Crippen LogP) is 1.22. The molecule has 1 heterocycles. The number of rotatable bonds is 7. The van der Waals surface area contributed by atoms with Gasteiger partial charge < -0.3 is 18.9 Å². The molecule has 0 bridgehead atoms. The van der Waals surface area contributed by atoms with Crippen molar-refractivity contribution in [1.29, 1.82) is 0 Å². The van der Waals surface area contributed by atoms with Gasteiger partial charge in [-0.1, -0.05) is 0 Å². The van der Waals surface area contributed by atoms with E-state index in [1.807, 2.05) is 12.1 Å². The zero-order chi connectivity index (χ0) is 15.2. The summed E-state index contributed by atoms with van der Waals surface area (Å²) >= 11 is 0. The Morgan fingerprint density at radius 2 is 1.71 bits per heavy atom. The molecule has 2 rings (SSSR count). The van der Waals surface area contributed by atoms with Gasteiger partial charge in [0.05, 0.1) is 27.9 Å². The average molecular weight is 295 g/mol. The quantitative estimate of drug-likeness (QED) is 0.708. The van der Waals surface area contributed by atoms with Crippen LogP contribution in [0.3, 0.4) is 0 Å². The fourth-order valence-corrected chi connectivity index (χ4v) is 2.37. The summed E-state index contributed by atoms with van der Waals surface area (Å²) in [5.74, 6) is 2.18. The second-order valence-electron chi connectivity index (χ2n) is 4.72. The second kappa shape index (κ2) is 7.17. The summed E-state index contributed by atoms with van der Waals surface area (Å²) < 4.78 is 23.6. The van der Waals surface area contributed by atoms with Gasteiger partial charge in [0.15, 0.2) is 11.5 Å². The number of hydrogen-bond acceptors (Lipinski definition) is 5. The molecule has 0 atom stereocenters. The van der Waals surface area contributed by atoms with E-state index in [-0.39, 0.29) is 0 Å². The Hall–Kier alpha value is -1.95. The lowest BCUT2D eigenvalue weighted by Gasteiger charge is -2.16. The van der Waals surface area contributed by atoms with E-state index < -0.39 is 0 Å². The van der Waals surface area contributed by atoms with E-state index >= 15 is 0 Å². The summed E-state index contributed by atoms with van der Waals surface area (Å²) in [6.07, 6.45) is 2.08. The molecule has 0 N–H and O–H groups in total. The molecule has 0 unspecified atom stereocenters. The fraction of sp³-hybridized carbons (Fsp3) is 0.533. The van der Waals surface area contributed by atoms with Gasteiger partial charge in [0.2, 0.25) is 12.0 Å². The molecule has 0 radical (unpaired) electrons. The summed E-state index contributed by atoms with van der Waals surface area (Å²) in [5.41, 5.74) is 0.917. The van der Waals surface area contributed by atoms with E-state index in [2.05, 4.69) is 15.8 Å². The molecule has 1 aliphatic heterocycles. The van der Waals surface area contributed by atoms with E-state index in [0.717, 1.165) is 36.8 Å². The minimum Gasteiger partial charge on any atom is -0.496 e. The second-order valence-corrected chi connectivity index (χ2v) is 4.72. The van der Waals surface area contributed by atoms with Crippen molar-refractivity contribution in [3.8, 4) is 17.2 Å². The van der Waals surface area contributed by atoms with Gasteiger partial charge in [-0.05, 0) is 0 Å². The van der Waals surface area contributed by atoms with Crippen LogP contribution in [0, 0.1) is 0 Å². The maximum absolute atomic E-state index is 5.49. The van der Waals surface area contributed by atoms with E-state index in [9.17, 15) is 0 Å². The smallest absolute Gasteiger partial charge is 0.239 e. The van der Waals surface area contributed by atoms with Crippen LogP contribution in [0.4, 0.5) is 5.69 Å². The number of methoxy groups -OCH3 is 4. The molecule has 0 saturated carbocycles. The highest BCUT2D eigenvalue weighted by molar-refractivity contribution is 5.85. The predicted molar refractivity (Wildman–Crippen MR) is 81.4 cm³/mol. The SMILES string of the molecule is COCC[N+]1=CN(c2c(OC)cc(OC)cc2OC)CC1. The van der Waals surface area contributed by atoms with Crippen molar-refractivity contribution in [3.63, 3.8) is 0 Å². The third-order valence-corrected chi connectivity index (χ3v) is 3.49. The Balaban J connectivity index is 2.32. The Morgan fingerprint density at radius 1 is 1.05 bits per heavy atom. The van der Waals surface area contributed by atoms with E-state index in [4.69, 9.17) is 18.9 Å². The zero-order valence-corrected chi connectivity index (χ0v) is 13.1. The summed E-state index contributed by atoms with van der Waals surface area (Å²) in [4.78, 5) is 2.13. The van der Waals surface area contributed by atoms with Crippen LogP contribution in [0.2, 0.25) is 0 Å². The van der Waals surface area contributed by atoms with Gasteiger partial charge in [0.1, 0.15) is 25.4 Å². The number of hydrogen-bond donors (Lipinski definition) is 0. The molecule has 1 aromatic rings. The monoisotopic (exact) mass is 295 g/mol. The van der Waals surface area contributed by atoms with Crippen molar-refractivity contribution in [1.82, 2.24) is 0 Å². The Morgan fingerprint density at radius 3 is 2.24 bits per heavy atom. The zero-order valence-electron chi connectivity index (χ0n) is 13.1. The summed E-state index contributed by atoms with van der Waals surface area (Å²) in [7, 11) is 6.64. The lowest BCUT2D eigenvalue weighted by molar-refractivity contribution is -0.516. The molecular formula is C15H23N2O4+. The molecule has 1 aliphatic rings. The average Bonchev–Trinajstić information content (AvgIpc) is 2.99. The molecule has 6 heteroatoms. The van der Waals surface area contributed by atoms with Crippen LogP contribution >= 0.6 is 0 Å². The molecule has 0 fully saturated rings. The third-order valence-electron chi connectivity index (χ3n) is 3.49. The molecule has 0 spiro atoms. The molecule has 21 heavy (non-hydrogen) atoms. The Labute approximate surface area is 125 Å². The van der Waals surface area contributed by atoms with Crippen LogP contribution in [-0.2, 0) is 4.74 Å². The van der Waals surface area contributed by atoms with Crippen molar-refractivity contribution in [2.45, 2.75) is 0 Å². The molecule has 116 valence electrons. The fourth-order valence-electron chi connectivity index (χ4n) is 2.37. The van der Waals surface area contributed by atoms with E-state index in [1.54, 1.807) is 28.4 Å². The minimum atomic E-state index is 0.710. The summed E-state index contributed by atoms with van der Waals surface area (Å²) in [6, 6.07) is 3.73. The number of anilines is 1. The van der Waals surface area contributed by atoms with Crippen molar-refractivity contribution in [2.24, 2.45) is 0 Å². The van der Waals surface area contributed by atoms with Crippen molar-refractivity contribution < 1.29 is 23.5 Å². The lowest BCUT2D eigenvalue weighted by atomic mass is 10.2. The van der Waals surface area contributed by atoms with Crippen molar-refractivity contribution >= 4 is 12.0 Å². The molecule has 0 aliphatic carbocycles. The van der Waals surface area contributed by atoms with Crippen LogP contribution in [0.15, 0.2) is 12.1 Å². The molecule has 6 nitrogen and oxygen atoms in total. The van der Waals surface area contributed by atoms with E-state index in [1.165, 1.54) is 0 Å². The maximum Gasteiger partial charge on any atom is 0.239 e. The van der Waals surface area contributed by atoms with Crippen LogP contribution < -0.4 is 19.1 Å². The summed E-state index contributed by atoms with van der Waals surface area (Å²) in [6.45, 7) is 3.40. The Kier molecular flexibility index (Phi) is 5.27. The van der Waals surface area contributed by atoms with Gasteiger partial charge in [-0.3, -0.25) is 4.58 Å². The van der Waals surface area contributed by atoms with Gasteiger partial charge in [0, 0.05) is 19.2 Å². The number of nitrogens with zero attached hydrogens (tertiary/aromatic N) is 2. The van der Waals surface area contributed by atoms with Gasteiger partial charge >= 0.3 is 0 Å². The molecule has 0 saturated heterocycles. The lowest BCUT2D eigenvalue weighted by Crippen LogP contribution is -2.20. The standard InChI is InChI=1S/C15H23N2O4/c1-18-8-7-16-5-6-17(11-16)15-13(20-3)9-12(19-2)10-14(15)21-4/h9-11H,5-8H2,1-4H3/q+1. The largest absolute Gasteiger partial charge is 0.496 e. The van der Waals surface area contributed by atoms with Crippen molar-refractivity contribution in [3.05, 3.63) is 12.1 Å². The molecule has 0 amide bonds. The van der Waals surface area contributed by atoms with Gasteiger partial charge in [-0.2, -0.15) is 0 Å². The van der Waals surface area contributed by atoms with Crippen LogP contribution in [0.5, 0.6) is 17.2 Å². The molecule has 1 aromatic carbocycles. The Bertz CT molecular complexity index is 491.